The smallest absolute Gasteiger partial charge is 0.269 e. The highest BCUT2D eigenvalue weighted by Gasteiger charge is 2.15. The Morgan fingerprint density at radius 2 is 2.11 bits per heavy atom. The Morgan fingerprint density at radius 3 is 2.78 bits per heavy atom. The van der Waals surface area contributed by atoms with Crippen molar-refractivity contribution < 1.29 is 9.90 Å². The van der Waals surface area contributed by atoms with E-state index >= 15 is 0 Å². The van der Waals surface area contributed by atoms with E-state index < -0.39 is 0 Å². The lowest BCUT2D eigenvalue weighted by Gasteiger charge is -2.04. The zero-order valence-electron chi connectivity index (χ0n) is 9.88. The van der Waals surface area contributed by atoms with Crippen LogP contribution in [0.4, 0.5) is 5.69 Å². The quantitative estimate of drug-likeness (QED) is 0.831. The predicted molar refractivity (Wildman–Crippen MR) is 70.0 cm³/mol. The molecule has 2 rings (SSSR count). The van der Waals surface area contributed by atoms with Gasteiger partial charge in [0.15, 0.2) is 0 Å². The number of benzene rings is 1. The summed E-state index contributed by atoms with van der Waals surface area (Å²) < 4.78 is 3.81. The Bertz CT molecular complexity index is 537. The van der Waals surface area contributed by atoms with E-state index in [1.165, 1.54) is 12.1 Å². The minimum absolute atomic E-state index is 0.166. The van der Waals surface area contributed by atoms with Crippen LogP contribution in [0.2, 0.25) is 0 Å². The van der Waals surface area contributed by atoms with Crippen molar-refractivity contribution in [2.24, 2.45) is 0 Å². The molecule has 5 nitrogen and oxygen atoms in total. The fourth-order valence-corrected chi connectivity index (χ4v) is 2.12. The molecule has 0 radical (unpaired) electrons. The molecule has 1 heterocycles. The molecule has 0 aliphatic heterocycles. The highest BCUT2D eigenvalue weighted by atomic mass is 32.1. The average Bonchev–Trinajstić information content (AvgIpc) is 2.81. The Kier molecular flexibility index (Phi) is 3.88. The van der Waals surface area contributed by atoms with Crippen LogP contribution in [-0.4, -0.2) is 20.6 Å². The van der Waals surface area contributed by atoms with Gasteiger partial charge < -0.3 is 10.4 Å². The molecule has 0 aliphatic rings. The normalized spacial score (nSPS) is 10.3. The lowest BCUT2D eigenvalue weighted by atomic mass is 10.2. The van der Waals surface area contributed by atoms with Crippen molar-refractivity contribution in [3.8, 4) is 5.75 Å². The van der Waals surface area contributed by atoms with Gasteiger partial charge in [0, 0.05) is 5.69 Å². The van der Waals surface area contributed by atoms with E-state index in [0.29, 0.717) is 10.6 Å². The summed E-state index contributed by atoms with van der Waals surface area (Å²) in [4.78, 5) is 12.6. The second-order valence-electron chi connectivity index (χ2n) is 3.80. The van der Waals surface area contributed by atoms with Gasteiger partial charge >= 0.3 is 0 Å². The number of aromatic hydroxyl groups is 1. The highest BCUT2D eigenvalue weighted by molar-refractivity contribution is 7.08. The Hall–Kier alpha value is -1.95. The topological polar surface area (TPSA) is 75.1 Å². The average molecular weight is 263 g/mol. The second kappa shape index (κ2) is 5.59. The number of carbonyl (C=O) groups is 1. The maximum absolute atomic E-state index is 12.0. The maximum Gasteiger partial charge on any atom is 0.269 e. The van der Waals surface area contributed by atoms with Crippen LogP contribution in [0, 0.1) is 0 Å². The minimum Gasteiger partial charge on any atom is -0.508 e. The first-order chi connectivity index (χ1) is 8.70. The van der Waals surface area contributed by atoms with Crippen molar-refractivity contribution in [2.75, 3.05) is 5.32 Å². The second-order valence-corrected chi connectivity index (χ2v) is 4.55. The molecule has 0 saturated heterocycles. The van der Waals surface area contributed by atoms with Crippen molar-refractivity contribution in [1.29, 1.82) is 0 Å². The number of carbonyl (C=O) groups excluding carboxylic acids is 1. The third kappa shape index (κ3) is 2.84. The number of rotatable bonds is 4. The SMILES string of the molecule is CCCc1nnsc1C(=O)Nc1ccc(O)cc1. The molecule has 6 heteroatoms. The van der Waals surface area contributed by atoms with Gasteiger partial charge in [-0.2, -0.15) is 0 Å². The van der Waals surface area contributed by atoms with Crippen LogP contribution in [0.25, 0.3) is 0 Å². The van der Waals surface area contributed by atoms with E-state index in [9.17, 15) is 4.79 Å². The summed E-state index contributed by atoms with van der Waals surface area (Å²) in [6.45, 7) is 2.03. The largest absolute Gasteiger partial charge is 0.508 e. The molecule has 1 aromatic carbocycles. The Morgan fingerprint density at radius 1 is 1.39 bits per heavy atom. The Labute approximate surface area is 109 Å². The molecule has 0 saturated carbocycles. The lowest BCUT2D eigenvalue weighted by Crippen LogP contribution is -2.12. The number of phenols is 1. The van der Waals surface area contributed by atoms with Crippen LogP contribution in [0.15, 0.2) is 24.3 Å². The van der Waals surface area contributed by atoms with Gasteiger partial charge in [-0.05, 0) is 42.2 Å². The van der Waals surface area contributed by atoms with Gasteiger partial charge in [-0.25, -0.2) is 0 Å². The molecule has 0 spiro atoms. The first-order valence-corrected chi connectivity index (χ1v) is 6.39. The minimum atomic E-state index is -0.209. The molecule has 1 aromatic heterocycles. The van der Waals surface area contributed by atoms with E-state index in [1.807, 2.05) is 6.92 Å². The summed E-state index contributed by atoms with van der Waals surface area (Å²) >= 11 is 1.10. The number of hydrogen-bond acceptors (Lipinski definition) is 5. The summed E-state index contributed by atoms with van der Waals surface area (Å²) in [5, 5.41) is 15.9. The molecule has 0 unspecified atom stereocenters. The molecule has 1 amide bonds. The molecule has 0 atom stereocenters. The number of hydrogen-bond donors (Lipinski definition) is 2. The van der Waals surface area contributed by atoms with E-state index in [4.69, 9.17) is 5.11 Å². The molecular weight excluding hydrogens is 250 g/mol. The number of anilines is 1. The van der Waals surface area contributed by atoms with Gasteiger partial charge in [0.2, 0.25) is 0 Å². The zero-order chi connectivity index (χ0) is 13.0. The molecule has 2 aromatic rings. The van der Waals surface area contributed by atoms with Gasteiger partial charge in [0.1, 0.15) is 10.6 Å². The van der Waals surface area contributed by atoms with Crippen LogP contribution in [0.5, 0.6) is 5.75 Å². The molecule has 94 valence electrons. The van der Waals surface area contributed by atoms with Crippen molar-refractivity contribution in [3.05, 3.63) is 34.8 Å². The van der Waals surface area contributed by atoms with Crippen molar-refractivity contribution in [2.45, 2.75) is 19.8 Å². The van der Waals surface area contributed by atoms with Crippen LogP contribution in [0.3, 0.4) is 0 Å². The summed E-state index contributed by atoms with van der Waals surface area (Å²) in [5.74, 6) is -0.0433. The van der Waals surface area contributed by atoms with Crippen LogP contribution in [-0.2, 0) is 6.42 Å². The standard InChI is InChI=1S/C12H13N3O2S/c1-2-3-10-11(18-15-14-10)12(17)13-8-4-6-9(16)7-5-8/h4-7,16H,2-3H2,1H3,(H,13,17). The van der Waals surface area contributed by atoms with Gasteiger partial charge in [0.05, 0.1) is 5.69 Å². The monoisotopic (exact) mass is 263 g/mol. The number of nitrogens with zero attached hydrogens (tertiary/aromatic N) is 2. The zero-order valence-corrected chi connectivity index (χ0v) is 10.7. The van der Waals surface area contributed by atoms with Crippen LogP contribution in [0.1, 0.15) is 28.7 Å². The van der Waals surface area contributed by atoms with Gasteiger partial charge in [0.25, 0.3) is 5.91 Å². The van der Waals surface area contributed by atoms with Crippen molar-refractivity contribution in [1.82, 2.24) is 9.59 Å². The molecular formula is C12H13N3O2S. The van der Waals surface area contributed by atoms with Gasteiger partial charge in [-0.15, -0.1) is 5.10 Å². The number of nitrogens with one attached hydrogen (secondary N) is 1. The van der Waals surface area contributed by atoms with Crippen LogP contribution < -0.4 is 5.32 Å². The molecule has 0 fully saturated rings. The number of aryl methyl sites for hydroxylation is 1. The summed E-state index contributed by atoms with van der Waals surface area (Å²) in [5.41, 5.74) is 1.37. The number of phenolic OH excluding ortho intramolecular Hbond substituents is 1. The molecule has 0 aliphatic carbocycles. The van der Waals surface area contributed by atoms with E-state index in [-0.39, 0.29) is 11.7 Å². The maximum atomic E-state index is 12.0. The fourth-order valence-electron chi connectivity index (χ4n) is 1.51. The molecule has 18 heavy (non-hydrogen) atoms. The van der Waals surface area contributed by atoms with Crippen LogP contribution >= 0.6 is 11.5 Å². The van der Waals surface area contributed by atoms with Gasteiger partial charge in [-0.3, -0.25) is 4.79 Å². The number of amides is 1. The van der Waals surface area contributed by atoms with Crippen molar-refractivity contribution in [3.63, 3.8) is 0 Å². The van der Waals surface area contributed by atoms with E-state index in [2.05, 4.69) is 14.9 Å². The molecule has 2 N–H and O–H groups in total. The fraction of sp³-hybridized carbons (Fsp3) is 0.250. The number of aromatic nitrogens is 2. The third-order valence-electron chi connectivity index (χ3n) is 2.37. The van der Waals surface area contributed by atoms with Gasteiger partial charge in [-0.1, -0.05) is 17.8 Å². The first-order valence-electron chi connectivity index (χ1n) is 5.62. The van der Waals surface area contributed by atoms with E-state index in [0.717, 1.165) is 30.1 Å². The highest BCUT2D eigenvalue weighted by Crippen LogP contribution is 2.17. The Balaban J connectivity index is 2.11. The summed E-state index contributed by atoms with van der Waals surface area (Å²) in [7, 11) is 0. The van der Waals surface area contributed by atoms with Crippen molar-refractivity contribution >= 4 is 23.1 Å². The van der Waals surface area contributed by atoms with E-state index in [1.54, 1.807) is 12.1 Å². The third-order valence-corrected chi connectivity index (χ3v) is 3.14. The first kappa shape index (κ1) is 12.5. The molecule has 0 bridgehead atoms. The summed E-state index contributed by atoms with van der Waals surface area (Å²) in [6, 6.07) is 6.32. The predicted octanol–water partition coefficient (Wildman–Crippen LogP) is 2.45. The summed E-state index contributed by atoms with van der Waals surface area (Å²) in [6.07, 6.45) is 1.67. The lowest BCUT2D eigenvalue weighted by molar-refractivity contribution is 0.102.